The van der Waals surface area contributed by atoms with Crippen molar-refractivity contribution in [1.82, 2.24) is 10.2 Å². The third-order valence-electron chi connectivity index (χ3n) is 5.00. The minimum atomic E-state index is -0.297. The first-order valence-corrected chi connectivity index (χ1v) is 10.6. The highest BCUT2D eigenvalue weighted by Crippen LogP contribution is 2.33. The summed E-state index contributed by atoms with van der Waals surface area (Å²) in [4.78, 5) is 26.3. The lowest BCUT2D eigenvalue weighted by atomic mass is 10.1. The van der Waals surface area contributed by atoms with Gasteiger partial charge < -0.3 is 20.3 Å². The molecule has 1 saturated heterocycles. The van der Waals surface area contributed by atoms with Gasteiger partial charge in [-0.2, -0.15) is 0 Å². The van der Waals surface area contributed by atoms with E-state index in [1.54, 1.807) is 30.1 Å². The molecule has 30 heavy (non-hydrogen) atoms. The Morgan fingerprint density at radius 3 is 2.40 bits per heavy atom. The number of esters is 1. The molecule has 0 aromatic heterocycles. The van der Waals surface area contributed by atoms with Crippen molar-refractivity contribution in [3.8, 4) is 0 Å². The minimum Gasteiger partial charge on any atom is -0.462 e. The fourth-order valence-corrected chi connectivity index (χ4v) is 3.91. The Morgan fingerprint density at radius 2 is 1.73 bits per heavy atom. The number of benzene rings is 2. The number of ether oxygens (including phenoxy) is 1. The van der Waals surface area contributed by atoms with Gasteiger partial charge >= 0.3 is 5.97 Å². The smallest absolute Gasteiger partial charge is 0.310 e. The van der Waals surface area contributed by atoms with E-state index >= 15 is 0 Å². The summed E-state index contributed by atoms with van der Waals surface area (Å²) in [6, 6.07) is 12.8. The van der Waals surface area contributed by atoms with E-state index in [-0.39, 0.29) is 24.4 Å². The highest BCUT2D eigenvalue weighted by molar-refractivity contribution is 6.39. The van der Waals surface area contributed by atoms with Crippen LogP contribution in [0.2, 0.25) is 10.0 Å². The van der Waals surface area contributed by atoms with E-state index < -0.39 is 0 Å². The topological polar surface area (TPSA) is 70.7 Å². The summed E-state index contributed by atoms with van der Waals surface area (Å²) < 4.78 is 5.66. The van der Waals surface area contributed by atoms with E-state index in [9.17, 15) is 9.59 Å². The highest BCUT2D eigenvalue weighted by Gasteiger charge is 2.25. The Morgan fingerprint density at radius 1 is 1.07 bits per heavy atom. The minimum absolute atomic E-state index is 0.0699. The molecule has 0 radical (unpaired) electrons. The lowest BCUT2D eigenvalue weighted by Crippen LogP contribution is -2.44. The zero-order valence-corrected chi connectivity index (χ0v) is 18.3. The van der Waals surface area contributed by atoms with Crippen molar-refractivity contribution in [2.75, 3.05) is 32.0 Å². The monoisotopic (exact) mass is 449 g/mol. The molecule has 1 amide bonds. The maximum Gasteiger partial charge on any atom is 0.310 e. The second-order valence-corrected chi connectivity index (χ2v) is 7.97. The largest absolute Gasteiger partial charge is 0.462 e. The molecular formula is C22H25Cl2N3O3. The van der Waals surface area contributed by atoms with Crippen LogP contribution in [-0.2, 0) is 20.7 Å². The molecule has 2 aromatic rings. The number of hydrogen-bond acceptors (Lipinski definition) is 5. The van der Waals surface area contributed by atoms with Crippen molar-refractivity contribution in [3.05, 3.63) is 58.1 Å². The second-order valence-electron chi connectivity index (χ2n) is 7.16. The van der Waals surface area contributed by atoms with Crippen LogP contribution >= 0.6 is 23.2 Å². The molecule has 0 bridgehead atoms. The number of hydrogen-bond donors (Lipinski definition) is 2. The van der Waals surface area contributed by atoms with Crippen molar-refractivity contribution in [3.63, 3.8) is 0 Å². The maximum atomic E-state index is 12.5. The van der Waals surface area contributed by atoms with Gasteiger partial charge in [0.15, 0.2) is 0 Å². The number of likely N-dealkylation sites (N-methyl/N-ethyl adjacent to an activating group) is 1. The Kier molecular flexibility index (Phi) is 7.96. The Hall–Kier alpha value is -2.28. The third-order valence-corrected chi connectivity index (χ3v) is 5.63. The predicted octanol–water partition coefficient (Wildman–Crippen LogP) is 4.03. The fourth-order valence-electron chi connectivity index (χ4n) is 3.42. The molecule has 1 fully saturated rings. The van der Waals surface area contributed by atoms with Gasteiger partial charge in [-0.1, -0.05) is 47.5 Å². The van der Waals surface area contributed by atoms with Crippen LogP contribution in [0.5, 0.6) is 0 Å². The predicted molar refractivity (Wildman–Crippen MR) is 120 cm³/mol. The average Bonchev–Trinajstić information content (AvgIpc) is 2.72. The second kappa shape index (κ2) is 10.7. The quantitative estimate of drug-likeness (QED) is 0.624. The van der Waals surface area contributed by atoms with Crippen molar-refractivity contribution in [2.24, 2.45) is 0 Å². The SMILES string of the molecule is CNCC(=O)N1CCC(OC(=O)Cc2ccccc2Nc2c(Cl)cccc2Cl)CC1. The molecule has 0 saturated carbocycles. The highest BCUT2D eigenvalue weighted by atomic mass is 35.5. The first-order chi connectivity index (χ1) is 14.5. The van der Waals surface area contributed by atoms with Gasteiger partial charge in [-0.25, -0.2) is 0 Å². The Bertz CT molecular complexity index is 879. The van der Waals surface area contributed by atoms with E-state index in [0.29, 0.717) is 48.2 Å². The fraction of sp³-hybridized carbons (Fsp3) is 0.364. The third kappa shape index (κ3) is 5.88. The van der Waals surface area contributed by atoms with Crippen LogP contribution in [0.3, 0.4) is 0 Å². The average molecular weight is 450 g/mol. The lowest BCUT2D eigenvalue weighted by Gasteiger charge is -2.31. The number of piperidine rings is 1. The van der Waals surface area contributed by atoms with Gasteiger partial charge in [0.2, 0.25) is 5.91 Å². The van der Waals surface area contributed by atoms with Gasteiger partial charge in [-0.3, -0.25) is 9.59 Å². The molecule has 1 aliphatic heterocycles. The number of rotatable bonds is 7. The molecule has 0 unspecified atom stereocenters. The number of amides is 1. The van der Waals surface area contributed by atoms with Gasteiger partial charge in [0.1, 0.15) is 6.10 Å². The molecule has 0 atom stereocenters. The molecule has 2 N–H and O–H groups in total. The number of anilines is 2. The summed E-state index contributed by atoms with van der Waals surface area (Å²) in [5.41, 5.74) is 2.14. The van der Waals surface area contributed by atoms with Crippen molar-refractivity contribution in [2.45, 2.75) is 25.4 Å². The molecule has 160 valence electrons. The Balaban J connectivity index is 1.58. The molecule has 3 rings (SSSR count). The van der Waals surface area contributed by atoms with E-state index in [1.807, 2.05) is 24.3 Å². The van der Waals surface area contributed by atoms with E-state index in [4.69, 9.17) is 27.9 Å². The van der Waals surface area contributed by atoms with Crippen molar-refractivity contribution in [1.29, 1.82) is 0 Å². The van der Waals surface area contributed by atoms with Crippen LogP contribution in [0.25, 0.3) is 0 Å². The zero-order chi connectivity index (χ0) is 21.5. The van der Waals surface area contributed by atoms with E-state index in [0.717, 1.165) is 11.3 Å². The maximum absolute atomic E-state index is 12.5. The molecule has 1 heterocycles. The molecule has 0 aliphatic carbocycles. The first-order valence-electron chi connectivity index (χ1n) is 9.88. The first kappa shape index (κ1) is 22.4. The molecule has 2 aromatic carbocycles. The Labute approximate surface area is 186 Å². The summed E-state index contributed by atoms with van der Waals surface area (Å²) in [6.45, 7) is 1.52. The number of carbonyl (C=O) groups is 2. The molecule has 1 aliphatic rings. The lowest BCUT2D eigenvalue weighted by molar-refractivity contribution is -0.151. The summed E-state index contributed by atoms with van der Waals surface area (Å²) in [7, 11) is 1.75. The number of nitrogens with one attached hydrogen (secondary N) is 2. The van der Waals surface area contributed by atoms with Crippen LogP contribution < -0.4 is 10.6 Å². The van der Waals surface area contributed by atoms with Gasteiger partial charge in [-0.15, -0.1) is 0 Å². The number of nitrogens with zero attached hydrogens (tertiary/aromatic N) is 1. The van der Waals surface area contributed by atoms with Crippen molar-refractivity contribution < 1.29 is 14.3 Å². The standard InChI is InChI=1S/C22H25Cl2N3O3/c1-25-14-20(28)27-11-9-16(10-12-27)30-21(29)13-15-5-2-3-8-19(15)26-22-17(23)6-4-7-18(22)24/h2-8,16,25-26H,9-14H2,1H3. The number of para-hydroxylation sites is 2. The van der Waals surface area contributed by atoms with Gasteiger partial charge in [0.25, 0.3) is 0 Å². The van der Waals surface area contributed by atoms with Crippen LogP contribution in [0, 0.1) is 0 Å². The van der Waals surface area contributed by atoms with E-state index in [2.05, 4.69) is 10.6 Å². The number of likely N-dealkylation sites (tertiary alicyclic amines) is 1. The summed E-state index contributed by atoms with van der Waals surface area (Å²) in [6.07, 6.45) is 1.26. The normalized spacial score (nSPS) is 14.4. The van der Waals surface area contributed by atoms with Gasteiger partial charge in [0, 0.05) is 31.6 Å². The van der Waals surface area contributed by atoms with Gasteiger partial charge in [-0.05, 0) is 30.8 Å². The summed E-state index contributed by atoms with van der Waals surface area (Å²) in [5, 5.41) is 7.09. The molecule has 6 nitrogen and oxygen atoms in total. The number of halogens is 2. The summed E-state index contributed by atoms with van der Waals surface area (Å²) >= 11 is 12.5. The number of carbonyl (C=O) groups excluding carboxylic acids is 2. The van der Waals surface area contributed by atoms with Crippen LogP contribution in [0.1, 0.15) is 18.4 Å². The zero-order valence-electron chi connectivity index (χ0n) is 16.8. The summed E-state index contributed by atoms with van der Waals surface area (Å²) in [5.74, 6) is -0.227. The molecular weight excluding hydrogens is 425 g/mol. The van der Waals surface area contributed by atoms with Crippen LogP contribution in [0.4, 0.5) is 11.4 Å². The van der Waals surface area contributed by atoms with Crippen molar-refractivity contribution >= 4 is 46.5 Å². The molecule has 0 spiro atoms. The molecule has 8 heteroatoms. The van der Waals surface area contributed by atoms with E-state index in [1.165, 1.54) is 0 Å². The van der Waals surface area contributed by atoms with Gasteiger partial charge in [0.05, 0.1) is 28.7 Å². The van der Waals surface area contributed by atoms with Crippen LogP contribution in [-0.4, -0.2) is 49.6 Å². The van der Waals surface area contributed by atoms with Crippen LogP contribution in [0.15, 0.2) is 42.5 Å².